The Morgan fingerprint density at radius 1 is 1.41 bits per heavy atom. The second-order valence-electron chi connectivity index (χ2n) is 4.25. The highest BCUT2D eigenvalue weighted by Crippen LogP contribution is 2.20. The lowest BCUT2D eigenvalue weighted by Crippen LogP contribution is -2.12. The molecule has 0 aliphatic rings. The zero-order valence-corrected chi connectivity index (χ0v) is 12.3. The monoisotopic (exact) mass is 317 g/mol. The number of esters is 1. The lowest BCUT2D eigenvalue weighted by molar-refractivity contribution is 0.0519. The molecule has 0 saturated heterocycles. The standard InChI is InChI=1S/C14H11N3O4S/c1-2-20-13(19)10-6-21-14(16-10)17-12(18)8-3-4-9-11(5-8)22-7-15-9/h3-7H,2H2,1H3,(H,16,17,18). The fraction of sp³-hybridized carbons (Fsp3) is 0.143. The molecular formula is C14H11N3O4S. The number of ether oxygens (including phenoxy) is 1. The van der Waals surface area contributed by atoms with Crippen molar-refractivity contribution in [3.05, 3.63) is 41.2 Å². The normalized spacial score (nSPS) is 10.6. The Bertz CT molecular complexity index is 839. The van der Waals surface area contributed by atoms with E-state index in [0.717, 1.165) is 16.5 Å². The Hall–Kier alpha value is -2.74. The minimum Gasteiger partial charge on any atom is -0.461 e. The summed E-state index contributed by atoms with van der Waals surface area (Å²) in [7, 11) is 0. The number of carbonyl (C=O) groups excluding carboxylic acids is 2. The summed E-state index contributed by atoms with van der Waals surface area (Å²) in [5, 5.41) is 2.49. The number of nitrogens with one attached hydrogen (secondary N) is 1. The van der Waals surface area contributed by atoms with Crippen molar-refractivity contribution in [2.75, 3.05) is 11.9 Å². The van der Waals surface area contributed by atoms with E-state index < -0.39 is 5.97 Å². The van der Waals surface area contributed by atoms with E-state index in [1.807, 2.05) is 0 Å². The molecule has 1 amide bonds. The summed E-state index contributed by atoms with van der Waals surface area (Å²) >= 11 is 1.45. The molecule has 22 heavy (non-hydrogen) atoms. The van der Waals surface area contributed by atoms with Crippen LogP contribution in [0.2, 0.25) is 0 Å². The van der Waals surface area contributed by atoms with Crippen LogP contribution in [0.25, 0.3) is 10.2 Å². The summed E-state index contributed by atoms with van der Waals surface area (Å²) in [6.45, 7) is 1.93. The molecule has 7 nitrogen and oxygen atoms in total. The number of anilines is 1. The van der Waals surface area contributed by atoms with E-state index >= 15 is 0 Å². The number of carbonyl (C=O) groups is 2. The van der Waals surface area contributed by atoms with Gasteiger partial charge in [-0.1, -0.05) is 0 Å². The van der Waals surface area contributed by atoms with Gasteiger partial charge in [-0.2, -0.15) is 4.98 Å². The first-order valence-electron chi connectivity index (χ1n) is 6.44. The highest BCUT2D eigenvalue weighted by atomic mass is 32.1. The molecule has 0 atom stereocenters. The number of nitrogens with zero attached hydrogens (tertiary/aromatic N) is 2. The predicted octanol–water partition coefficient (Wildman–Crippen LogP) is 2.71. The maximum absolute atomic E-state index is 12.1. The van der Waals surface area contributed by atoms with Gasteiger partial charge in [-0.05, 0) is 25.1 Å². The molecule has 112 valence electrons. The summed E-state index contributed by atoms with van der Waals surface area (Å²) < 4.78 is 10.7. The molecule has 0 aliphatic carbocycles. The molecule has 0 saturated carbocycles. The van der Waals surface area contributed by atoms with Crippen LogP contribution in [0.15, 0.2) is 34.4 Å². The first-order valence-corrected chi connectivity index (χ1v) is 7.32. The summed E-state index contributed by atoms with van der Waals surface area (Å²) in [5.74, 6) is -0.981. The van der Waals surface area contributed by atoms with Crippen molar-refractivity contribution in [2.45, 2.75) is 6.92 Å². The fourth-order valence-corrected chi connectivity index (χ4v) is 2.51. The number of amides is 1. The van der Waals surface area contributed by atoms with Crippen LogP contribution in [0.3, 0.4) is 0 Å². The van der Waals surface area contributed by atoms with Crippen LogP contribution in [-0.2, 0) is 4.74 Å². The van der Waals surface area contributed by atoms with E-state index in [0.29, 0.717) is 5.56 Å². The quantitative estimate of drug-likeness (QED) is 0.743. The minimum absolute atomic E-state index is 0.00931. The second kappa shape index (κ2) is 5.94. The number of oxazole rings is 1. The van der Waals surface area contributed by atoms with Gasteiger partial charge in [0.1, 0.15) is 6.26 Å². The van der Waals surface area contributed by atoms with Crippen molar-refractivity contribution in [3.8, 4) is 0 Å². The van der Waals surface area contributed by atoms with Gasteiger partial charge in [-0.3, -0.25) is 10.1 Å². The Balaban J connectivity index is 1.74. The molecule has 0 radical (unpaired) electrons. The Kier molecular flexibility index (Phi) is 3.84. The van der Waals surface area contributed by atoms with Crippen LogP contribution in [0.4, 0.5) is 6.01 Å². The van der Waals surface area contributed by atoms with Crippen molar-refractivity contribution in [1.29, 1.82) is 0 Å². The number of aromatic nitrogens is 2. The molecule has 3 aromatic rings. The fourth-order valence-electron chi connectivity index (χ4n) is 1.80. The van der Waals surface area contributed by atoms with Gasteiger partial charge in [-0.25, -0.2) is 9.78 Å². The summed E-state index contributed by atoms with van der Waals surface area (Å²) in [4.78, 5) is 31.6. The Morgan fingerprint density at radius 3 is 3.09 bits per heavy atom. The highest BCUT2D eigenvalue weighted by molar-refractivity contribution is 7.16. The van der Waals surface area contributed by atoms with E-state index in [2.05, 4.69) is 15.3 Å². The van der Waals surface area contributed by atoms with Crippen LogP contribution in [-0.4, -0.2) is 28.5 Å². The first-order chi connectivity index (χ1) is 10.7. The molecule has 0 aliphatic heterocycles. The topological polar surface area (TPSA) is 94.3 Å². The largest absolute Gasteiger partial charge is 0.461 e. The minimum atomic E-state index is -0.599. The maximum atomic E-state index is 12.1. The lowest BCUT2D eigenvalue weighted by Gasteiger charge is -2.00. The van der Waals surface area contributed by atoms with Crippen LogP contribution in [0, 0.1) is 0 Å². The van der Waals surface area contributed by atoms with Gasteiger partial charge in [0.05, 0.1) is 22.3 Å². The summed E-state index contributed by atoms with van der Waals surface area (Å²) in [6, 6.07) is 5.10. The van der Waals surface area contributed by atoms with Crippen molar-refractivity contribution in [3.63, 3.8) is 0 Å². The average molecular weight is 317 g/mol. The Morgan fingerprint density at radius 2 is 2.27 bits per heavy atom. The van der Waals surface area contributed by atoms with E-state index in [1.54, 1.807) is 30.6 Å². The third-order valence-electron chi connectivity index (χ3n) is 2.80. The van der Waals surface area contributed by atoms with Crippen LogP contribution < -0.4 is 5.32 Å². The third-order valence-corrected chi connectivity index (χ3v) is 3.59. The molecule has 2 heterocycles. The van der Waals surface area contributed by atoms with E-state index in [-0.39, 0.29) is 24.2 Å². The van der Waals surface area contributed by atoms with Gasteiger partial charge in [0.25, 0.3) is 5.91 Å². The molecule has 3 rings (SSSR count). The molecule has 2 aromatic heterocycles. The molecule has 0 bridgehead atoms. The van der Waals surface area contributed by atoms with Crippen LogP contribution in [0.5, 0.6) is 0 Å². The van der Waals surface area contributed by atoms with Crippen molar-refractivity contribution in [2.24, 2.45) is 0 Å². The molecule has 0 unspecified atom stereocenters. The Labute approximate surface area is 128 Å². The molecule has 1 aromatic carbocycles. The molecular weight excluding hydrogens is 306 g/mol. The predicted molar refractivity (Wildman–Crippen MR) is 80.0 cm³/mol. The smallest absolute Gasteiger partial charge is 0.360 e. The molecule has 0 fully saturated rings. The van der Waals surface area contributed by atoms with Crippen molar-refractivity contribution < 1.29 is 18.7 Å². The van der Waals surface area contributed by atoms with Gasteiger partial charge < -0.3 is 9.15 Å². The number of hydrogen-bond acceptors (Lipinski definition) is 7. The molecule has 1 N–H and O–H groups in total. The van der Waals surface area contributed by atoms with Gasteiger partial charge in [0, 0.05) is 5.56 Å². The van der Waals surface area contributed by atoms with Crippen molar-refractivity contribution in [1.82, 2.24) is 9.97 Å². The number of benzene rings is 1. The zero-order valence-electron chi connectivity index (χ0n) is 11.5. The molecule has 0 spiro atoms. The third kappa shape index (κ3) is 2.82. The number of fused-ring (bicyclic) bond motifs is 1. The van der Waals surface area contributed by atoms with E-state index in [1.165, 1.54) is 11.3 Å². The molecule has 8 heteroatoms. The summed E-state index contributed by atoms with van der Waals surface area (Å²) in [5.41, 5.74) is 3.01. The SMILES string of the molecule is CCOC(=O)c1coc(NC(=O)c2ccc3ncsc3c2)n1. The average Bonchev–Trinajstić information content (AvgIpc) is 3.15. The second-order valence-corrected chi connectivity index (χ2v) is 5.13. The number of hydrogen-bond donors (Lipinski definition) is 1. The number of rotatable bonds is 4. The summed E-state index contributed by atoms with van der Waals surface area (Å²) in [6.07, 6.45) is 1.14. The maximum Gasteiger partial charge on any atom is 0.360 e. The highest BCUT2D eigenvalue weighted by Gasteiger charge is 2.15. The van der Waals surface area contributed by atoms with E-state index in [4.69, 9.17) is 9.15 Å². The van der Waals surface area contributed by atoms with Crippen LogP contribution in [0.1, 0.15) is 27.8 Å². The van der Waals surface area contributed by atoms with Gasteiger partial charge in [-0.15, -0.1) is 11.3 Å². The van der Waals surface area contributed by atoms with E-state index in [9.17, 15) is 9.59 Å². The zero-order chi connectivity index (χ0) is 15.5. The van der Waals surface area contributed by atoms with Gasteiger partial charge in [0.2, 0.25) is 0 Å². The van der Waals surface area contributed by atoms with Gasteiger partial charge in [0.15, 0.2) is 5.69 Å². The number of thiazole rings is 1. The first kappa shape index (κ1) is 14.2. The van der Waals surface area contributed by atoms with Crippen LogP contribution >= 0.6 is 11.3 Å². The lowest BCUT2D eigenvalue weighted by atomic mass is 10.2. The van der Waals surface area contributed by atoms with Crippen molar-refractivity contribution >= 4 is 39.4 Å². The van der Waals surface area contributed by atoms with Gasteiger partial charge >= 0.3 is 12.0 Å².